The van der Waals surface area contributed by atoms with Crippen molar-refractivity contribution in [2.75, 3.05) is 48.9 Å². The van der Waals surface area contributed by atoms with Gasteiger partial charge in [-0.25, -0.2) is 17.8 Å². The highest BCUT2D eigenvalue weighted by Gasteiger charge is 2.20. The van der Waals surface area contributed by atoms with Gasteiger partial charge in [0, 0.05) is 50.5 Å². The minimum atomic E-state index is -3.85. The van der Waals surface area contributed by atoms with E-state index in [0.29, 0.717) is 17.8 Å². The average Bonchev–Trinajstić information content (AvgIpc) is 3.34. The van der Waals surface area contributed by atoms with Crippen molar-refractivity contribution in [3.05, 3.63) is 84.2 Å². The molecule has 38 heavy (non-hydrogen) atoms. The van der Waals surface area contributed by atoms with Crippen LogP contribution in [0.1, 0.15) is 10.4 Å². The van der Waals surface area contributed by atoms with Crippen LogP contribution in [-0.2, 0) is 10.0 Å². The van der Waals surface area contributed by atoms with Gasteiger partial charge in [-0.2, -0.15) is 0 Å². The molecule has 0 unspecified atom stereocenters. The third-order valence-corrected chi connectivity index (χ3v) is 8.66. The summed E-state index contributed by atoms with van der Waals surface area (Å²) in [7, 11) is -3.85. The van der Waals surface area contributed by atoms with Crippen LogP contribution < -0.4 is 14.9 Å². The van der Waals surface area contributed by atoms with Crippen molar-refractivity contribution in [2.45, 2.75) is 4.90 Å². The van der Waals surface area contributed by atoms with Crippen LogP contribution in [0.3, 0.4) is 0 Å². The Morgan fingerprint density at radius 2 is 1.63 bits per heavy atom. The lowest BCUT2D eigenvalue weighted by Crippen LogP contribution is -2.48. The van der Waals surface area contributed by atoms with Gasteiger partial charge in [0.05, 0.1) is 15.1 Å². The van der Waals surface area contributed by atoms with Crippen molar-refractivity contribution in [3.63, 3.8) is 0 Å². The van der Waals surface area contributed by atoms with E-state index in [4.69, 9.17) is 4.98 Å². The molecular weight excluding hydrogens is 549 g/mol. The maximum atomic E-state index is 13.1. The molecule has 1 fully saturated rings. The van der Waals surface area contributed by atoms with E-state index in [9.17, 15) is 17.6 Å². The molecule has 5 rings (SSSR count). The summed E-state index contributed by atoms with van der Waals surface area (Å²) >= 11 is 1.72. The summed E-state index contributed by atoms with van der Waals surface area (Å²) in [5.41, 5.74) is 1.78. The molecule has 0 saturated carbocycles. The van der Waals surface area contributed by atoms with E-state index in [2.05, 4.69) is 25.9 Å². The largest absolute Gasteiger partial charge is 0.351 e. The molecule has 4 aromatic rings. The van der Waals surface area contributed by atoms with Crippen LogP contribution in [0.25, 0.3) is 10.2 Å². The van der Waals surface area contributed by atoms with Gasteiger partial charge in [0.2, 0.25) is 0 Å². The summed E-state index contributed by atoms with van der Waals surface area (Å²) in [5.74, 6) is -0.734. The molecule has 0 radical (unpaired) electrons. The van der Waals surface area contributed by atoms with Gasteiger partial charge in [-0.1, -0.05) is 23.5 Å². The molecule has 1 aliphatic heterocycles. The molecule has 8 nitrogen and oxygen atoms in total. The molecule has 1 amide bonds. The van der Waals surface area contributed by atoms with Crippen molar-refractivity contribution in [1.29, 1.82) is 0 Å². The average molecular weight is 576 g/mol. The summed E-state index contributed by atoms with van der Waals surface area (Å²) in [5, 5.41) is 3.98. The minimum Gasteiger partial charge on any atom is -0.351 e. The Hall–Kier alpha value is -3.25. The number of nitrogens with zero attached hydrogens (tertiary/aromatic N) is 3. The van der Waals surface area contributed by atoms with Gasteiger partial charge < -0.3 is 10.2 Å². The number of nitrogens with one attached hydrogen (secondary N) is 2. The van der Waals surface area contributed by atoms with E-state index in [1.54, 1.807) is 23.5 Å². The number of fused-ring (bicyclic) bond motifs is 1. The molecule has 1 saturated heterocycles. The van der Waals surface area contributed by atoms with E-state index in [0.717, 1.165) is 55.5 Å². The topological polar surface area (TPSA) is 94.6 Å². The van der Waals surface area contributed by atoms with Gasteiger partial charge >= 0.3 is 0 Å². The second-order valence-corrected chi connectivity index (χ2v) is 11.4. The number of carbonyl (C=O) groups is 1. The molecule has 0 spiro atoms. The number of carbonyl (C=O) groups excluding carboxylic acids is 1. The van der Waals surface area contributed by atoms with Crippen LogP contribution in [0.2, 0.25) is 0 Å². The summed E-state index contributed by atoms with van der Waals surface area (Å²) in [4.78, 5) is 21.9. The Morgan fingerprint density at radius 1 is 0.947 bits per heavy atom. The molecule has 2 heterocycles. The van der Waals surface area contributed by atoms with Crippen molar-refractivity contribution in [2.24, 2.45) is 0 Å². The van der Waals surface area contributed by atoms with Crippen LogP contribution in [0, 0.1) is 5.82 Å². The Morgan fingerprint density at radius 3 is 2.32 bits per heavy atom. The zero-order chi connectivity index (χ0) is 25.8. The van der Waals surface area contributed by atoms with Crippen molar-refractivity contribution in [1.82, 2.24) is 15.2 Å². The maximum Gasteiger partial charge on any atom is 0.261 e. The highest BCUT2D eigenvalue weighted by molar-refractivity contribution is 7.92. The molecule has 1 aromatic heterocycles. The zero-order valence-electron chi connectivity index (χ0n) is 20.3. The first-order valence-corrected chi connectivity index (χ1v) is 14.2. The Kier molecular flexibility index (Phi) is 8.83. The van der Waals surface area contributed by atoms with Crippen LogP contribution in [0.5, 0.6) is 0 Å². The number of piperazine rings is 1. The van der Waals surface area contributed by atoms with Crippen molar-refractivity contribution >= 4 is 60.7 Å². The van der Waals surface area contributed by atoms with Crippen molar-refractivity contribution < 1.29 is 17.6 Å². The Labute approximate surface area is 230 Å². The lowest BCUT2D eigenvalue weighted by atomic mass is 10.2. The standard InChI is InChI=1S/C26H26FN5O3S2.ClH/c27-20-7-11-22(12-8-20)37(34,35)30-21-9-5-19(6-10-21)25(33)28-13-14-31-15-17-32(18-16-31)26-29-23-3-1-2-4-24(23)36-26;/h1-12,30H,13-18H2,(H,28,33);1H. The summed E-state index contributed by atoms with van der Waals surface area (Å²) in [6.45, 7) is 4.84. The van der Waals surface area contributed by atoms with Gasteiger partial charge in [0.1, 0.15) is 5.82 Å². The number of sulfonamides is 1. The van der Waals surface area contributed by atoms with Gasteiger partial charge in [0.15, 0.2) is 5.13 Å². The second kappa shape index (κ2) is 12.1. The van der Waals surface area contributed by atoms with Crippen LogP contribution in [0.4, 0.5) is 15.2 Å². The number of thiazole rings is 1. The molecule has 0 atom stereocenters. The van der Waals surface area contributed by atoms with Gasteiger partial charge in [0.25, 0.3) is 15.9 Å². The smallest absolute Gasteiger partial charge is 0.261 e. The molecule has 3 aromatic carbocycles. The number of benzene rings is 3. The quantitative estimate of drug-likeness (QED) is 0.327. The first-order valence-electron chi connectivity index (χ1n) is 11.9. The molecule has 12 heteroatoms. The van der Waals surface area contributed by atoms with E-state index in [1.165, 1.54) is 29.0 Å². The second-order valence-electron chi connectivity index (χ2n) is 8.69. The monoisotopic (exact) mass is 575 g/mol. The van der Waals surface area contributed by atoms with Crippen LogP contribution >= 0.6 is 23.7 Å². The molecule has 0 aliphatic carbocycles. The minimum absolute atomic E-state index is 0. The molecule has 2 N–H and O–H groups in total. The SMILES string of the molecule is Cl.O=C(NCCN1CCN(c2nc3ccccc3s2)CC1)c1ccc(NS(=O)(=O)c2ccc(F)cc2)cc1. The van der Waals surface area contributed by atoms with Crippen LogP contribution in [0.15, 0.2) is 77.7 Å². The lowest BCUT2D eigenvalue weighted by molar-refractivity contribution is 0.0948. The third-order valence-electron chi connectivity index (χ3n) is 6.16. The number of amides is 1. The normalized spacial score (nSPS) is 14.2. The first kappa shape index (κ1) is 27.8. The number of halogens is 2. The fourth-order valence-electron chi connectivity index (χ4n) is 4.11. The lowest BCUT2D eigenvalue weighted by Gasteiger charge is -2.34. The number of para-hydroxylation sites is 1. The molecule has 200 valence electrons. The molecular formula is C26H27ClFN5O3S2. The fraction of sp³-hybridized carbons (Fsp3) is 0.231. The predicted molar refractivity (Wildman–Crippen MR) is 152 cm³/mol. The Balaban J connectivity index is 0.00000336. The highest BCUT2D eigenvalue weighted by atomic mass is 35.5. The summed E-state index contributed by atoms with van der Waals surface area (Å²) in [6.07, 6.45) is 0. The Bertz CT molecular complexity index is 1460. The van der Waals surface area contributed by atoms with E-state index in [1.807, 2.05) is 18.2 Å². The number of anilines is 2. The fourth-order valence-corrected chi connectivity index (χ4v) is 6.18. The van der Waals surface area contributed by atoms with Gasteiger partial charge in [-0.15, -0.1) is 12.4 Å². The molecule has 0 bridgehead atoms. The van der Waals surface area contributed by atoms with Crippen molar-refractivity contribution in [3.8, 4) is 0 Å². The number of hydrogen-bond acceptors (Lipinski definition) is 7. The van der Waals surface area contributed by atoms with E-state index in [-0.39, 0.29) is 23.2 Å². The summed E-state index contributed by atoms with van der Waals surface area (Å²) < 4.78 is 41.6. The first-order chi connectivity index (χ1) is 17.9. The van der Waals surface area contributed by atoms with Gasteiger partial charge in [-0.3, -0.25) is 14.4 Å². The predicted octanol–water partition coefficient (Wildman–Crippen LogP) is 4.21. The number of rotatable bonds is 8. The summed E-state index contributed by atoms with van der Waals surface area (Å²) in [6, 6.07) is 18.9. The van der Waals surface area contributed by atoms with E-state index >= 15 is 0 Å². The number of hydrogen-bond donors (Lipinski definition) is 2. The highest BCUT2D eigenvalue weighted by Crippen LogP contribution is 2.29. The molecule has 1 aliphatic rings. The van der Waals surface area contributed by atoms with E-state index < -0.39 is 15.8 Å². The third kappa shape index (κ3) is 6.60. The van der Waals surface area contributed by atoms with Crippen LogP contribution in [-0.4, -0.2) is 63.5 Å². The zero-order valence-corrected chi connectivity index (χ0v) is 22.8. The van der Waals surface area contributed by atoms with Gasteiger partial charge in [-0.05, 0) is 60.7 Å². The number of aromatic nitrogens is 1. The maximum absolute atomic E-state index is 13.1.